The van der Waals surface area contributed by atoms with Gasteiger partial charge in [-0.05, 0) is 50.9 Å². The fourth-order valence-corrected chi connectivity index (χ4v) is 3.74. The first kappa shape index (κ1) is 13.1. The number of likely N-dealkylation sites (tertiary alicyclic amines) is 2. The van der Waals surface area contributed by atoms with Gasteiger partial charge in [-0.2, -0.15) is 0 Å². The molecule has 1 aromatic heterocycles. The second-order valence-electron chi connectivity index (χ2n) is 6.24. The summed E-state index contributed by atoms with van der Waals surface area (Å²) in [5.74, 6) is 0. The van der Waals surface area contributed by atoms with E-state index >= 15 is 0 Å². The van der Waals surface area contributed by atoms with Crippen LogP contribution in [0.5, 0.6) is 0 Å². The maximum atomic E-state index is 4.21. The molecule has 3 rings (SSSR count). The molecule has 3 nitrogen and oxygen atoms in total. The van der Waals surface area contributed by atoms with Gasteiger partial charge < -0.3 is 4.90 Å². The molecule has 0 atom stereocenters. The van der Waals surface area contributed by atoms with Crippen molar-refractivity contribution >= 4 is 0 Å². The number of aromatic nitrogens is 1. The number of hydrogen-bond donors (Lipinski definition) is 0. The minimum atomic E-state index is 0.518. The summed E-state index contributed by atoms with van der Waals surface area (Å²) in [6, 6.07) is 4.22. The van der Waals surface area contributed by atoms with Crippen LogP contribution in [0.1, 0.15) is 37.7 Å². The van der Waals surface area contributed by atoms with E-state index in [-0.39, 0.29) is 0 Å². The first-order chi connectivity index (χ1) is 9.28. The Morgan fingerprint density at radius 2 is 2.00 bits per heavy atom. The zero-order valence-corrected chi connectivity index (χ0v) is 12.0. The van der Waals surface area contributed by atoms with Crippen LogP contribution < -0.4 is 0 Å². The van der Waals surface area contributed by atoms with Gasteiger partial charge in [0.1, 0.15) is 0 Å². The second kappa shape index (κ2) is 5.59. The number of pyridine rings is 1. The summed E-state index contributed by atoms with van der Waals surface area (Å²) in [4.78, 5) is 9.44. The van der Waals surface area contributed by atoms with Crippen molar-refractivity contribution in [2.75, 3.05) is 26.7 Å². The molecular formula is C16H25N3. The van der Waals surface area contributed by atoms with Crippen molar-refractivity contribution in [1.29, 1.82) is 0 Å². The van der Waals surface area contributed by atoms with Crippen LogP contribution in [-0.4, -0.2) is 47.0 Å². The monoisotopic (exact) mass is 259 g/mol. The van der Waals surface area contributed by atoms with Crippen LogP contribution in [0.4, 0.5) is 0 Å². The van der Waals surface area contributed by atoms with E-state index in [1.54, 1.807) is 0 Å². The molecule has 1 spiro atoms. The highest BCUT2D eigenvalue weighted by atomic mass is 15.2. The molecule has 19 heavy (non-hydrogen) atoms. The van der Waals surface area contributed by atoms with Crippen LogP contribution in [0, 0.1) is 0 Å². The highest BCUT2D eigenvalue weighted by Gasteiger charge is 2.39. The second-order valence-corrected chi connectivity index (χ2v) is 6.24. The smallest absolute Gasteiger partial charge is 0.0312 e. The molecule has 0 amide bonds. The molecule has 0 bridgehead atoms. The first-order valence-corrected chi connectivity index (χ1v) is 7.61. The van der Waals surface area contributed by atoms with Crippen LogP contribution in [0.2, 0.25) is 0 Å². The van der Waals surface area contributed by atoms with E-state index < -0.39 is 0 Å². The van der Waals surface area contributed by atoms with Gasteiger partial charge in [-0.1, -0.05) is 12.5 Å². The average molecular weight is 259 g/mol. The third-order valence-corrected chi connectivity index (χ3v) is 5.11. The van der Waals surface area contributed by atoms with E-state index in [4.69, 9.17) is 0 Å². The molecule has 3 heteroatoms. The zero-order valence-electron chi connectivity index (χ0n) is 12.0. The molecule has 0 saturated carbocycles. The molecular weight excluding hydrogens is 234 g/mol. The fourth-order valence-electron chi connectivity index (χ4n) is 3.74. The van der Waals surface area contributed by atoms with Gasteiger partial charge in [0.15, 0.2) is 0 Å². The summed E-state index contributed by atoms with van der Waals surface area (Å²) in [6.45, 7) is 4.83. The predicted octanol–water partition coefficient (Wildman–Crippen LogP) is 2.53. The van der Waals surface area contributed by atoms with Crippen molar-refractivity contribution in [1.82, 2.24) is 14.8 Å². The Morgan fingerprint density at radius 3 is 2.68 bits per heavy atom. The summed E-state index contributed by atoms with van der Waals surface area (Å²) in [5.41, 5.74) is 1.86. The lowest BCUT2D eigenvalue weighted by atomic mass is 9.79. The number of piperidine rings is 2. The Kier molecular flexibility index (Phi) is 3.85. The Bertz CT molecular complexity index is 396. The summed E-state index contributed by atoms with van der Waals surface area (Å²) < 4.78 is 0. The molecule has 0 radical (unpaired) electrons. The molecule has 0 aromatic carbocycles. The van der Waals surface area contributed by atoms with Gasteiger partial charge in [-0.15, -0.1) is 0 Å². The maximum Gasteiger partial charge on any atom is 0.0312 e. The third-order valence-electron chi connectivity index (χ3n) is 5.11. The van der Waals surface area contributed by atoms with Crippen LogP contribution in [0.15, 0.2) is 24.5 Å². The van der Waals surface area contributed by atoms with Crippen molar-refractivity contribution in [2.45, 2.75) is 44.2 Å². The van der Waals surface area contributed by atoms with Crippen LogP contribution in [-0.2, 0) is 6.54 Å². The van der Waals surface area contributed by atoms with E-state index in [0.29, 0.717) is 5.54 Å². The molecule has 3 heterocycles. The molecule has 2 aliphatic heterocycles. The lowest BCUT2D eigenvalue weighted by Gasteiger charge is -2.50. The van der Waals surface area contributed by atoms with Gasteiger partial charge in [0, 0.05) is 37.6 Å². The molecule has 0 aliphatic carbocycles. The van der Waals surface area contributed by atoms with Gasteiger partial charge in [0.05, 0.1) is 0 Å². The first-order valence-electron chi connectivity index (χ1n) is 7.61. The molecule has 2 aliphatic rings. The van der Waals surface area contributed by atoms with E-state index in [1.165, 1.54) is 57.3 Å². The largest absolute Gasteiger partial charge is 0.301 e. The van der Waals surface area contributed by atoms with Gasteiger partial charge in [-0.25, -0.2) is 0 Å². The minimum absolute atomic E-state index is 0.518. The minimum Gasteiger partial charge on any atom is -0.301 e. The third kappa shape index (κ3) is 2.82. The molecule has 2 saturated heterocycles. The Labute approximate surface area is 116 Å². The summed E-state index contributed by atoms with van der Waals surface area (Å²) in [7, 11) is 2.33. The standard InChI is InChI=1S/C16H25N3/c1-18-10-3-2-6-16(18)7-11-19(12-8-16)14-15-5-4-9-17-13-15/h4-5,9,13H,2-3,6-8,10-12,14H2,1H3. The van der Waals surface area contributed by atoms with Crippen molar-refractivity contribution in [3.05, 3.63) is 30.1 Å². The quantitative estimate of drug-likeness (QED) is 0.813. The normalized spacial score (nSPS) is 24.7. The van der Waals surface area contributed by atoms with Gasteiger partial charge >= 0.3 is 0 Å². The topological polar surface area (TPSA) is 19.4 Å². The lowest BCUT2D eigenvalue weighted by molar-refractivity contribution is 0.00817. The number of hydrogen-bond acceptors (Lipinski definition) is 3. The van der Waals surface area contributed by atoms with Crippen LogP contribution >= 0.6 is 0 Å². The van der Waals surface area contributed by atoms with Crippen LogP contribution in [0.25, 0.3) is 0 Å². The highest BCUT2D eigenvalue weighted by molar-refractivity contribution is 5.08. The highest BCUT2D eigenvalue weighted by Crippen LogP contribution is 2.36. The van der Waals surface area contributed by atoms with Gasteiger partial charge in [0.25, 0.3) is 0 Å². The lowest BCUT2D eigenvalue weighted by Crippen LogP contribution is -2.55. The van der Waals surface area contributed by atoms with Crippen molar-refractivity contribution in [2.24, 2.45) is 0 Å². The molecule has 104 valence electrons. The van der Waals surface area contributed by atoms with E-state index in [9.17, 15) is 0 Å². The van der Waals surface area contributed by atoms with Crippen molar-refractivity contribution in [3.63, 3.8) is 0 Å². The maximum absolute atomic E-state index is 4.21. The average Bonchev–Trinajstić information content (AvgIpc) is 2.46. The SMILES string of the molecule is CN1CCCCC12CCN(Cc1cccnc1)CC2. The number of rotatable bonds is 2. The van der Waals surface area contributed by atoms with Gasteiger partial charge in [-0.3, -0.25) is 9.88 Å². The van der Waals surface area contributed by atoms with Gasteiger partial charge in [0.2, 0.25) is 0 Å². The summed E-state index contributed by atoms with van der Waals surface area (Å²) in [5, 5.41) is 0. The van der Waals surface area contributed by atoms with E-state index in [1.807, 2.05) is 18.5 Å². The van der Waals surface area contributed by atoms with E-state index in [0.717, 1.165) is 6.54 Å². The molecule has 1 aromatic rings. The van der Waals surface area contributed by atoms with Crippen molar-refractivity contribution in [3.8, 4) is 0 Å². The van der Waals surface area contributed by atoms with E-state index in [2.05, 4.69) is 27.9 Å². The molecule has 2 fully saturated rings. The predicted molar refractivity (Wildman–Crippen MR) is 78.0 cm³/mol. The molecule has 0 N–H and O–H groups in total. The Morgan fingerprint density at radius 1 is 1.16 bits per heavy atom. The Hall–Kier alpha value is -0.930. The number of nitrogens with zero attached hydrogens (tertiary/aromatic N) is 3. The zero-order chi connectivity index (χ0) is 13.1. The van der Waals surface area contributed by atoms with Crippen molar-refractivity contribution < 1.29 is 0 Å². The summed E-state index contributed by atoms with van der Waals surface area (Å²) in [6.07, 6.45) is 10.7. The molecule has 0 unspecified atom stereocenters. The fraction of sp³-hybridized carbons (Fsp3) is 0.688. The Balaban J connectivity index is 1.57. The summed E-state index contributed by atoms with van der Waals surface area (Å²) >= 11 is 0. The van der Waals surface area contributed by atoms with Crippen LogP contribution in [0.3, 0.4) is 0 Å².